The van der Waals surface area contributed by atoms with Gasteiger partial charge in [0.2, 0.25) is 0 Å². The molecule has 0 aromatic carbocycles. The SMILES string of the molecule is CC1C=CC2CCCC2(CCO)C1O. The first-order valence-corrected chi connectivity index (χ1v) is 5.68. The third-order valence-electron chi connectivity index (χ3n) is 4.21. The summed E-state index contributed by atoms with van der Waals surface area (Å²) in [5, 5.41) is 19.4. The lowest BCUT2D eigenvalue weighted by molar-refractivity contribution is -0.0388. The number of aliphatic hydroxyl groups excluding tert-OH is 2. The van der Waals surface area contributed by atoms with Crippen LogP contribution in [0, 0.1) is 17.3 Å². The number of allylic oxidation sites excluding steroid dienone is 1. The average molecular weight is 196 g/mol. The van der Waals surface area contributed by atoms with E-state index in [9.17, 15) is 5.11 Å². The van der Waals surface area contributed by atoms with Crippen LogP contribution in [-0.4, -0.2) is 22.9 Å². The van der Waals surface area contributed by atoms with Crippen molar-refractivity contribution in [3.8, 4) is 0 Å². The minimum absolute atomic E-state index is 0.0110. The van der Waals surface area contributed by atoms with Crippen LogP contribution in [0.5, 0.6) is 0 Å². The van der Waals surface area contributed by atoms with Crippen LogP contribution in [0.4, 0.5) is 0 Å². The lowest BCUT2D eigenvalue weighted by atomic mass is 9.64. The van der Waals surface area contributed by atoms with Crippen molar-refractivity contribution in [1.29, 1.82) is 0 Å². The fraction of sp³-hybridized carbons (Fsp3) is 0.833. The summed E-state index contributed by atoms with van der Waals surface area (Å²) in [6.07, 6.45) is 8.35. The van der Waals surface area contributed by atoms with Gasteiger partial charge in [-0.15, -0.1) is 0 Å². The molecule has 2 aliphatic carbocycles. The molecule has 2 rings (SSSR count). The second-order valence-corrected chi connectivity index (χ2v) is 4.89. The molecule has 0 amide bonds. The first-order valence-electron chi connectivity index (χ1n) is 5.68. The minimum Gasteiger partial charge on any atom is -0.396 e. The van der Waals surface area contributed by atoms with Crippen molar-refractivity contribution in [2.75, 3.05) is 6.61 Å². The summed E-state index contributed by atoms with van der Waals surface area (Å²) < 4.78 is 0. The number of fused-ring (bicyclic) bond motifs is 1. The van der Waals surface area contributed by atoms with Crippen molar-refractivity contribution in [2.45, 2.75) is 38.7 Å². The standard InChI is InChI=1S/C12H20O2/c1-9-4-5-10-3-2-6-12(10,7-8-13)11(9)14/h4-5,9-11,13-14H,2-3,6-8H2,1H3. The van der Waals surface area contributed by atoms with Crippen LogP contribution in [0.3, 0.4) is 0 Å². The monoisotopic (exact) mass is 196 g/mol. The zero-order chi connectivity index (χ0) is 10.2. The molecule has 0 bridgehead atoms. The van der Waals surface area contributed by atoms with Gasteiger partial charge in [-0.1, -0.05) is 25.5 Å². The highest BCUT2D eigenvalue weighted by molar-refractivity contribution is 5.13. The molecule has 1 fully saturated rings. The predicted molar refractivity (Wildman–Crippen MR) is 55.8 cm³/mol. The lowest BCUT2D eigenvalue weighted by Crippen LogP contribution is -2.44. The van der Waals surface area contributed by atoms with E-state index >= 15 is 0 Å². The first-order chi connectivity index (χ1) is 6.70. The molecule has 0 aliphatic heterocycles. The van der Waals surface area contributed by atoms with Gasteiger partial charge in [-0.25, -0.2) is 0 Å². The smallest absolute Gasteiger partial charge is 0.0662 e. The molecule has 80 valence electrons. The number of hydrogen-bond donors (Lipinski definition) is 2. The second kappa shape index (κ2) is 3.67. The van der Waals surface area contributed by atoms with Crippen molar-refractivity contribution in [1.82, 2.24) is 0 Å². The second-order valence-electron chi connectivity index (χ2n) is 4.89. The number of rotatable bonds is 2. The van der Waals surface area contributed by atoms with Gasteiger partial charge >= 0.3 is 0 Å². The average Bonchev–Trinajstić information content (AvgIpc) is 2.57. The zero-order valence-corrected chi connectivity index (χ0v) is 8.82. The van der Waals surface area contributed by atoms with E-state index in [0.717, 1.165) is 12.8 Å². The van der Waals surface area contributed by atoms with E-state index in [1.165, 1.54) is 12.8 Å². The topological polar surface area (TPSA) is 40.5 Å². The first kappa shape index (κ1) is 10.2. The molecule has 14 heavy (non-hydrogen) atoms. The number of hydrogen-bond acceptors (Lipinski definition) is 2. The summed E-state index contributed by atoms with van der Waals surface area (Å²) >= 11 is 0. The van der Waals surface area contributed by atoms with E-state index < -0.39 is 0 Å². The Morgan fingerprint density at radius 2 is 2.21 bits per heavy atom. The van der Waals surface area contributed by atoms with Crippen molar-refractivity contribution in [2.24, 2.45) is 17.3 Å². The molecule has 0 saturated heterocycles. The summed E-state index contributed by atoms with van der Waals surface area (Å²) in [6.45, 7) is 2.27. The Hall–Kier alpha value is -0.340. The molecule has 2 heteroatoms. The van der Waals surface area contributed by atoms with Crippen LogP contribution in [-0.2, 0) is 0 Å². The van der Waals surface area contributed by atoms with Crippen LogP contribution < -0.4 is 0 Å². The summed E-state index contributed by atoms with van der Waals surface area (Å²) in [5.41, 5.74) is -0.0110. The van der Waals surface area contributed by atoms with Gasteiger partial charge in [-0.2, -0.15) is 0 Å². The van der Waals surface area contributed by atoms with Gasteiger partial charge in [0.25, 0.3) is 0 Å². The molecular weight excluding hydrogens is 176 g/mol. The third kappa shape index (κ3) is 1.32. The van der Waals surface area contributed by atoms with E-state index in [1.54, 1.807) is 0 Å². The molecular formula is C12H20O2. The van der Waals surface area contributed by atoms with E-state index in [4.69, 9.17) is 5.11 Å². The highest BCUT2D eigenvalue weighted by Gasteiger charge is 2.49. The third-order valence-corrected chi connectivity index (χ3v) is 4.21. The fourth-order valence-corrected chi connectivity index (χ4v) is 3.38. The van der Waals surface area contributed by atoms with Crippen molar-refractivity contribution < 1.29 is 10.2 Å². The Morgan fingerprint density at radius 1 is 1.43 bits per heavy atom. The Labute approximate surface area is 85.6 Å². The minimum atomic E-state index is -0.257. The predicted octanol–water partition coefficient (Wildman–Crippen LogP) is 1.72. The maximum atomic E-state index is 10.3. The van der Waals surface area contributed by atoms with Gasteiger partial charge < -0.3 is 10.2 Å². The molecule has 4 unspecified atom stereocenters. The summed E-state index contributed by atoms with van der Waals surface area (Å²) in [7, 11) is 0. The molecule has 0 radical (unpaired) electrons. The molecule has 2 nitrogen and oxygen atoms in total. The van der Waals surface area contributed by atoms with Crippen LogP contribution in [0.25, 0.3) is 0 Å². The highest BCUT2D eigenvalue weighted by Crippen LogP contribution is 2.53. The van der Waals surface area contributed by atoms with Gasteiger partial charge in [0.15, 0.2) is 0 Å². The molecule has 0 spiro atoms. The van der Waals surface area contributed by atoms with Gasteiger partial charge in [0.05, 0.1) is 6.10 Å². The van der Waals surface area contributed by atoms with E-state index in [0.29, 0.717) is 5.92 Å². The quantitative estimate of drug-likeness (QED) is 0.660. The Bertz CT molecular complexity index is 236. The molecule has 0 aromatic heterocycles. The summed E-state index contributed by atoms with van der Waals surface area (Å²) in [5.74, 6) is 0.747. The van der Waals surface area contributed by atoms with Crippen LogP contribution in [0.1, 0.15) is 32.6 Å². The maximum absolute atomic E-state index is 10.3. The Morgan fingerprint density at radius 3 is 2.93 bits per heavy atom. The van der Waals surface area contributed by atoms with Gasteiger partial charge in [0, 0.05) is 17.9 Å². The summed E-state index contributed by atoms with van der Waals surface area (Å²) in [4.78, 5) is 0. The largest absolute Gasteiger partial charge is 0.396 e. The van der Waals surface area contributed by atoms with Crippen molar-refractivity contribution >= 4 is 0 Å². The fourth-order valence-electron chi connectivity index (χ4n) is 3.38. The van der Waals surface area contributed by atoms with Crippen LogP contribution in [0.15, 0.2) is 12.2 Å². The van der Waals surface area contributed by atoms with Crippen molar-refractivity contribution in [3.05, 3.63) is 12.2 Å². The molecule has 4 atom stereocenters. The normalized spacial score (nSPS) is 46.6. The Kier molecular flexibility index (Phi) is 2.67. The van der Waals surface area contributed by atoms with Gasteiger partial charge in [0.1, 0.15) is 0 Å². The van der Waals surface area contributed by atoms with E-state index in [-0.39, 0.29) is 24.0 Å². The van der Waals surface area contributed by atoms with Crippen molar-refractivity contribution in [3.63, 3.8) is 0 Å². The van der Waals surface area contributed by atoms with Gasteiger partial charge in [-0.3, -0.25) is 0 Å². The Balaban J connectivity index is 2.27. The maximum Gasteiger partial charge on any atom is 0.0662 e. The van der Waals surface area contributed by atoms with Crippen LogP contribution >= 0.6 is 0 Å². The molecule has 0 aromatic rings. The molecule has 1 saturated carbocycles. The lowest BCUT2D eigenvalue weighted by Gasteiger charge is -2.43. The number of aliphatic hydroxyl groups is 2. The molecule has 2 N–H and O–H groups in total. The summed E-state index contributed by atoms with van der Waals surface area (Å²) in [6, 6.07) is 0. The molecule has 2 aliphatic rings. The van der Waals surface area contributed by atoms with E-state index in [2.05, 4.69) is 19.1 Å². The van der Waals surface area contributed by atoms with E-state index in [1.807, 2.05) is 0 Å². The molecule has 0 heterocycles. The highest BCUT2D eigenvalue weighted by atomic mass is 16.3. The zero-order valence-electron chi connectivity index (χ0n) is 8.82. The van der Waals surface area contributed by atoms with Gasteiger partial charge in [-0.05, 0) is 25.2 Å². The van der Waals surface area contributed by atoms with Crippen LogP contribution in [0.2, 0.25) is 0 Å².